The third kappa shape index (κ3) is 4.86. The average Bonchev–Trinajstić information content (AvgIpc) is 3.01. The highest BCUT2D eigenvalue weighted by Gasteiger charge is 2.40. The molecule has 2 atom stereocenters. The zero-order chi connectivity index (χ0) is 33.4. The number of hydrogen-bond acceptors (Lipinski definition) is 5. The van der Waals surface area contributed by atoms with Crippen LogP contribution < -0.4 is 16.2 Å². The van der Waals surface area contributed by atoms with Crippen molar-refractivity contribution in [3.05, 3.63) is 90.9 Å². The number of hydrogen-bond donors (Lipinski definition) is 1. The van der Waals surface area contributed by atoms with Crippen molar-refractivity contribution in [3.63, 3.8) is 0 Å². The molecule has 1 saturated heterocycles. The summed E-state index contributed by atoms with van der Waals surface area (Å²) in [7, 11) is 0. The lowest BCUT2D eigenvalue weighted by atomic mass is 9.89. The monoisotopic (exact) mass is 685 g/mol. The van der Waals surface area contributed by atoms with Crippen LogP contribution in [-0.4, -0.2) is 45.5 Å². The summed E-state index contributed by atoms with van der Waals surface area (Å²) < 4.78 is 34.5. The molecule has 2 N–H and O–H groups in total. The molecule has 46 heavy (non-hydrogen) atoms. The molecule has 0 saturated carbocycles. The largest absolute Gasteiger partial charge is 0.397 e. The fraction of sp³-hybridized carbons (Fsp3) is 0.324. The number of nitrogen functional groups attached to an aromatic ring is 1. The third-order valence-corrected chi connectivity index (χ3v) is 10.0. The van der Waals surface area contributed by atoms with Gasteiger partial charge in [0.15, 0.2) is 11.6 Å². The van der Waals surface area contributed by atoms with Crippen LogP contribution in [0.2, 0.25) is 15.1 Å². The second-order valence-corrected chi connectivity index (χ2v) is 13.5. The molecule has 2 aromatic heterocycles. The Kier molecular flexibility index (Phi) is 8.32. The van der Waals surface area contributed by atoms with E-state index >= 15 is 8.78 Å². The second-order valence-electron chi connectivity index (χ2n) is 12.3. The van der Waals surface area contributed by atoms with Gasteiger partial charge in [0.2, 0.25) is 5.91 Å². The fourth-order valence-electron chi connectivity index (χ4n) is 6.94. The highest BCUT2D eigenvalue weighted by Crippen LogP contribution is 2.47. The number of nitrogens with zero attached hydrogens (tertiary/aromatic N) is 4. The summed E-state index contributed by atoms with van der Waals surface area (Å²) in [5.41, 5.74) is 7.47. The molecule has 6 rings (SSSR count). The van der Waals surface area contributed by atoms with Gasteiger partial charge in [-0.15, -0.1) is 0 Å². The van der Waals surface area contributed by atoms with Crippen LogP contribution in [0.5, 0.6) is 0 Å². The predicted octanol–water partition coefficient (Wildman–Crippen LogP) is 7.84. The summed E-state index contributed by atoms with van der Waals surface area (Å²) in [6.07, 6.45) is 3.93. The molecule has 2 aliphatic rings. The van der Waals surface area contributed by atoms with E-state index in [1.54, 1.807) is 23.2 Å². The highest BCUT2D eigenvalue weighted by molar-refractivity contribution is 6.38. The van der Waals surface area contributed by atoms with Crippen LogP contribution in [0.25, 0.3) is 27.7 Å². The molecule has 0 bridgehead atoms. The van der Waals surface area contributed by atoms with Crippen molar-refractivity contribution in [2.45, 2.75) is 58.5 Å². The van der Waals surface area contributed by atoms with E-state index in [4.69, 9.17) is 40.5 Å². The molecule has 1 amide bonds. The van der Waals surface area contributed by atoms with Crippen molar-refractivity contribution in [2.24, 2.45) is 0 Å². The molecule has 12 heteroatoms. The number of fused-ring (bicyclic) bond motifs is 5. The van der Waals surface area contributed by atoms with E-state index < -0.39 is 22.8 Å². The van der Waals surface area contributed by atoms with E-state index in [1.165, 1.54) is 10.6 Å². The molecule has 4 heterocycles. The van der Waals surface area contributed by atoms with Crippen molar-refractivity contribution >= 4 is 63.0 Å². The number of aromatic nitrogens is 2. The van der Waals surface area contributed by atoms with E-state index in [0.29, 0.717) is 59.5 Å². The second kappa shape index (κ2) is 11.9. The number of benzene rings is 2. The number of piperazine rings is 1. The first-order valence-corrected chi connectivity index (χ1v) is 16.1. The first-order chi connectivity index (χ1) is 21.8. The molecular formula is C34H32Cl3F2N5O2. The van der Waals surface area contributed by atoms with Gasteiger partial charge in [-0.25, -0.2) is 8.78 Å². The Morgan fingerprint density at radius 2 is 1.80 bits per heavy atom. The maximum absolute atomic E-state index is 17.5. The molecule has 2 unspecified atom stereocenters. The lowest BCUT2D eigenvalue weighted by molar-refractivity contribution is -0.129. The smallest absolute Gasteiger partial charge is 0.261 e. The molecule has 7 nitrogen and oxygen atoms in total. The first-order valence-electron chi connectivity index (χ1n) is 15.0. The van der Waals surface area contributed by atoms with Crippen molar-refractivity contribution < 1.29 is 13.6 Å². The van der Waals surface area contributed by atoms with Crippen molar-refractivity contribution in [2.75, 3.05) is 23.7 Å². The topological polar surface area (TPSA) is 84.5 Å². The van der Waals surface area contributed by atoms with Gasteiger partial charge in [-0.3, -0.25) is 19.1 Å². The van der Waals surface area contributed by atoms with Gasteiger partial charge in [0.25, 0.3) is 5.56 Å². The molecule has 4 aromatic rings. The van der Waals surface area contributed by atoms with Crippen LogP contribution in [0, 0.1) is 18.6 Å². The quantitative estimate of drug-likeness (QED) is 0.134. The molecule has 2 aromatic carbocycles. The van der Waals surface area contributed by atoms with Crippen LogP contribution in [0.1, 0.15) is 49.9 Å². The number of halogens is 5. The standard InChI is InChI=1S/C34H32Cl3F2N5O2/c1-6-24(45)42-14-18-7-8-19-32(43(18)13-17(42)5)20-11-21(35)25(26-27(38)22(36)12-23(37)29(26)40)28(39)33(20)44(34(19)46)31-16(4)9-10-41-30(31)15(2)3/h6,9-12,15,17-18H,1,7-8,13-14,40H2,2-5H3. The zero-order valence-electron chi connectivity index (χ0n) is 25.7. The van der Waals surface area contributed by atoms with Gasteiger partial charge in [-0.1, -0.05) is 55.2 Å². The number of aryl methyl sites for hydroxylation is 1. The molecule has 0 aliphatic carbocycles. The van der Waals surface area contributed by atoms with E-state index in [2.05, 4.69) is 16.5 Å². The van der Waals surface area contributed by atoms with Gasteiger partial charge in [0.05, 0.1) is 43.3 Å². The van der Waals surface area contributed by atoms with Gasteiger partial charge < -0.3 is 15.5 Å². The number of pyridine rings is 2. The Balaban J connectivity index is 1.76. The Hall–Kier alpha value is -3.66. The van der Waals surface area contributed by atoms with E-state index in [-0.39, 0.29) is 55.7 Å². The highest BCUT2D eigenvalue weighted by atomic mass is 35.5. The molecule has 240 valence electrons. The summed E-state index contributed by atoms with van der Waals surface area (Å²) in [5.74, 6) is -2.25. The third-order valence-electron chi connectivity index (χ3n) is 9.12. The number of rotatable bonds is 4. The Morgan fingerprint density at radius 1 is 1.09 bits per heavy atom. The SMILES string of the molecule is C=CC(=O)N1CC2CCc3c(c4cc(Cl)c(-c5c(N)c(Cl)cc(Cl)c5F)c(F)c4n(-c4c(C)ccnc4C(C)C)c3=O)N2CC1C. The molecule has 0 spiro atoms. The lowest BCUT2D eigenvalue weighted by Crippen LogP contribution is -2.60. The van der Waals surface area contributed by atoms with Gasteiger partial charge in [-0.05, 0) is 62.4 Å². The lowest BCUT2D eigenvalue weighted by Gasteiger charge is -2.49. The van der Waals surface area contributed by atoms with Gasteiger partial charge in [0.1, 0.15) is 0 Å². The molecular weight excluding hydrogens is 655 g/mol. The van der Waals surface area contributed by atoms with Crippen molar-refractivity contribution in [1.82, 2.24) is 14.5 Å². The van der Waals surface area contributed by atoms with Crippen LogP contribution in [0.4, 0.5) is 20.2 Å². The Bertz CT molecular complexity index is 2000. The summed E-state index contributed by atoms with van der Waals surface area (Å²) >= 11 is 19.3. The van der Waals surface area contributed by atoms with Crippen LogP contribution in [0.3, 0.4) is 0 Å². The molecule has 1 fully saturated rings. The normalized spacial score (nSPS) is 17.8. The maximum Gasteiger partial charge on any atom is 0.261 e. The number of amides is 1. The predicted molar refractivity (Wildman–Crippen MR) is 182 cm³/mol. The number of carbonyl (C=O) groups is 1. The Labute approximate surface area is 280 Å². The van der Waals surface area contributed by atoms with Gasteiger partial charge in [0, 0.05) is 53.4 Å². The summed E-state index contributed by atoms with van der Waals surface area (Å²) in [6, 6.07) is 4.09. The van der Waals surface area contributed by atoms with Crippen LogP contribution in [-0.2, 0) is 11.2 Å². The summed E-state index contributed by atoms with van der Waals surface area (Å²) in [5, 5.41) is -0.203. The number of carbonyl (C=O) groups excluding carboxylic acids is 1. The van der Waals surface area contributed by atoms with E-state index in [0.717, 1.165) is 6.07 Å². The van der Waals surface area contributed by atoms with Gasteiger partial charge in [-0.2, -0.15) is 0 Å². The van der Waals surface area contributed by atoms with E-state index in [1.807, 2.05) is 27.7 Å². The van der Waals surface area contributed by atoms with Crippen molar-refractivity contribution in [1.29, 1.82) is 0 Å². The first kappa shape index (κ1) is 32.3. The maximum atomic E-state index is 17.5. The number of anilines is 2. The minimum atomic E-state index is -0.993. The minimum Gasteiger partial charge on any atom is -0.397 e. The van der Waals surface area contributed by atoms with Crippen molar-refractivity contribution in [3.8, 4) is 16.8 Å². The fourth-order valence-corrected chi connectivity index (χ4v) is 7.69. The summed E-state index contributed by atoms with van der Waals surface area (Å²) in [4.78, 5) is 35.8. The van der Waals surface area contributed by atoms with Crippen LogP contribution >= 0.6 is 34.8 Å². The Morgan fingerprint density at radius 3 is 2.48 bits per heavy atom. The van der Waals surface area contributed by atoms with Crippen LogP contribution in [0.15, 0.2) is 41.8 Å². The van der Waals surface area contributed by atoms with Gasteiger partial charge >= 0.3 is 0 Å². The van der Waals surface area contributed by atoms with E-state index in [9.17, 15) is 9.59 Å². The average molecular weight is 687 g/mol. The molecule has 0 radical (unpaired) electrons. The zero-order valence-corrected chi connectivity index (χ0v) is 28.0. The molecule has 2 aliphatic heterocycles. The number of nitrogens with two attached hydrogens (primary N) is 1. The minimum absolute atomic E-state index is 0.0752. The summed E-state index contributed by atoms with van der Waals surface area (Å²) in [6.45, 7) is 12.1.